The van der Waals surface area contributed by atoms with Gasteiger partial charge in [0.25, 0.3) is 0 Å². The first-order valence-corrected chi connectivity index (χ1v) is 18.6. The molecule has 5 aromatic rings. The molecule has 3 aromatic heterocycles. The number of nitriles is 1. The third-order valence-electron chi connectivity index (χ3n) is 7.79. The van der Waals surface area contributed by atoms with E-state index in [0.717, 1.165) is 32.3 Å². The molecule has 0 fully saturated rings. The van der Waals surface area contributed by atoms with Crippen molar-refractivity contribution in [3.05, 3.63) is 70.2 Å². The number of fused-ring (bicyclic) bond motifs is 1. The van der Waals surface area contributed by atoms with E-state index in [2.05, 4.69) is 35.6 Å². The van der Waals surface area contributed by atoms with Crippen molar-refractivity contribution < 1.29 is 89.1 Å². The number of aromatic nitrogens is 5. The van der Waals surface area contributed by atoms with E-state index in [4.69, 9.17) is 9.47 Å². The number of esters is 1. The second-order valence-corrected chi connectivity index (χ2v) is 14.8. The zero-order valence-electron chi connectivity index (χ0n) is 31.0. The van der Waals surface area contributed by atoms with Gasteiger partial charge in [-0.1, -0.05) is 29.0 Å². The number of aliphatic carboxylic acids is 1. The zero-order chi connectivity index (χ0) is 39.3. The number of nitrogens with one attached hydrogen (secondary N) is 1. The summed E-state index contributed by atoms with van der Waals surface area (Å²) in [5, 5.41) is 47.9. The number of thiazole rings is 1. The van der Waals surface area contributed by atoms with Crippen LogP contribution in [0.25, 0.3) is 15.3 Å². The van der Waals surface area contributed by atoms with Crippen LogP contribution in [-0.4, -0.2) is 81.3 Å². The number of nitrogens with zero attached hydrogens (tertiary/aromatic N) is 9. The number of azo groups is 1. The summed E-state index contributed by atoms with van der Waals surface area (Å²) < 4.78 is 39.5. The van der Waals surface area contributed by atoms with E-state index >= 15 is 0 Å². The summed E-state index contributed by atoms with van der Waals surface area (Å²) in [5.41, 5.74) is 2.96. The van der Waals surface area contributed by atoms with Crippen LogP contribution in [0.5, 0.6) is 0 Å². The Kier molecular flexibility index (Phi) is 14.8. The number of hydrogen-bond donors (Lipinski definition) is 2. The summed E-state index contributed by atoms with van der Waals surface area (Å²) in [5.74, 6) is -2.49. The first-order valence-electron chi connectivity index (χ1n) is 16.4. The number of sulfonamides is 1. The summed E-state index contributed by atoms with van der Waals surface area (Å²) in [6.07, 6.45) is -0.796. The number of aliphatic hydroxyl groups excluding tert-OH is 1. The minimum absolute atomic E-state index is 0. The van der Waals surface area contributed by atoms with Gasteiger partial charge >= 0.3 is 57.4 Å². The van der Waals surface area contributed by atoms with Crippen molar-refractivity contribution in [2.75, 3.05) is 32.1 Å². The molecule has 1 atom stereocenters. The maximum atomic E-state index is 13.3. The third kappa shape index (κ3) is 10.0. The molecule has 0 spiro atoms. The Morgan fingerprint density at radius 2 is 1.82 bits per heavy atom. The maximum Gasteiger partial charge on any atom is 1.00 e. The minimum atomic E-state index is -4.03. The fourth-order valence-corrected chi connectivity index (χ4v) is 7.35. The van der Waals surface area contributed by atoms with Gasteiger partial charge in [-0.25, -0.2) is 37.2 Å². The molecule has 0 aliphatic heterocycles. The molecule has 0 saturated heterocycles. The van der Waals surface area contributed by atoms with Crippen molar-refractivity contribution in [3.8, 4) is 11.2 Å². The number of carbonyl (C=O) groups excluding carboxylic acids is 2. The molecule has 0 saturated carbocycles. The van der Waals surface area contributed by atoms with Crippen LogP contribution in [0.1, 0.15) is 65.0 Å². The van der Waals surface area contributed by atoms with Crippen LogP contribution in [0.15, 0.2) is 51.7 Å². The molecule has 2 aromatic carbocycles. The van der Waals surface area contributed by atoms with Gasteiger partial charge in [-0.3, -0.25) is 0 Å². The van der Waals surface area contributed by atoms with Crippen molar-refractivity contribution in [1.29, 1.82) is 5.26 Å². The molecule has 2 N–H and O–H groups in total. The maximum absolute atomic E-state index is 13.3. The molecule has 55 heavy (non-hydrogen) atoms. The third-order valence-corrected chi connectivity index (χ3v) is 10.7. The molecule has 282 valence electrons. The normalized spacial score (nSPS) is 12.1. The number of ether oxygens (including phenoxy) is 2. The number of anilines is 2. The van der Waals surface area contributed by atoms with Gasteiger partial charge in [-0.15, -0.1) is 15.3 Å². The van der Waals surface area contributed by atoms with E-state index in [1.165, 1.54) is 30.1 Å². The first-order chi connectivity index (χ1) is 25.7. The molecular weight excluding hydrogens is 780 g/mol. The molecule has 5 rings (SSSR count). The Bertz CT molecular complexity index is 2400. The first kappa shape index (κ1) is 43.6. The molecule has 18 nitrogen and oxygen atoms in total. The molecule has 1 unspecified atom stereocenters. The second kappa shape index (κ2) is 18.7. The van der Waals surface area contributed by atoms with Gasteiger partial charge in [-0.2, -0.15) is 5.26 Å². The van der Waals surface area contributed by atoms with Crippen LogP contribution in [0, 0.1) is 32.1 Å². The van der Waals surface area contributed by atoms with Crippen molar-refractivity contribution in [3.63, 3.8) is 0 Å². The quantitative estimate of drug-likeness (QED) is 0.0653. The number of rotatable bonds is 15. The van der Waals surface area contributed by atoms with E-state index in [-0.39, 0.29) is 116 Å². The van der Waals surface area contributed by atoms with Crippen LogP contribution in [0.2, 0.25) is 0 Å². The number of benzene rings is 2. The standard InChI is InChI=1S/C34H36N10O8S2.K/c1-7-51-31(47)28-27(29(32(48)52-8-2)39-33(38-28)37-26-19(4)13-18(3)14-20(26)5)40-41-30-21(16-35)17-44(42-30)34-36-23-15-22(9-10-24(23)53-34)54(49,50)43(6)12-11-25(45)46;/h9-10,13-15,17,31,47H,7-8,11-12H2,1-6H3,(H,45,46)(H,37,38,39);/q;+1/p-1. The van der Waals surface area contributed by atoms with E-state index < -0.39 is 34.7 Å². The summed E-state index contributed by atoms with van der Waals surface area (Å²) >= 11 is 1.14. The topological polar surface area (TPSA) is 250 Å². The van der Waals surface area contributed by atoms with Crippen LogP contribution >= 0.6 is 11.3 Å². The summed E-state index contributed by atoms with van der Waals surface area (Å²) in [4.78, 5) is 37.3. The van der Waals surface area contributed by atoms with Gasteiger partial charge in [0, 0.05) is 38.3 Å². The SMILES string of the molecule is CCOC(=O)c1nc(Nc2c(C)cc(C)cc2C)nc(C(O)OCC)c1N=Nc1nn(-c2nc3cc(S(=O)(=O)N(C)CCC(=O)[O-])ccc3s2)cc1C#N.[K+]. The number of aryl methyl sites for hydroxylation is 3. The van der Waals surface area contributed by atoms with Gasteiger partial charge in [0.05, 0.1) is 27.9 Å². The number of carboxylic acids is 1. The summed E-state index contributed by atoms with van der Waals surface area (Å²) in [6.45, 7) is 8.84. The molecule has 3 heterocycles. The van der Waals surface area contributed by atoms with E-state index in [1.807, 2.05) is 39.0 Å². The van der Waals surface area contributed by atoms with E-state index in [1.54, 1.807) is 19.9 Å². The molecule has 0 bridgehead atoms. The average molecular weight is 815 g/mol. The monoisotopic (exact) mass is 814 g/mol. The average Bonchev–Trinajstić information content (AvgIpc) is 3.75. The largest absolute Gasteiger partial charge is 1.00 e. The van der Waals surface area contributed by atoms with Crippen LogP contribution in [-0.2, 0) is 24.3 Å². The molecule has 0 aliphatic rings. The second-order valence-electron chi connectivity index (χ2n) is 11.8. The van der Waals surface area contributed by atoms with Gasteiger partial charge in [0.2, 0.25) is 33.2 Å². The number of aliphatic hydroxyl groups is 1. The zero-order valence-corrected chi connectivity index (χ0v) is 35.8. The molecule has 0 amide bonds. The number of carbonyl (C=O) groups is 2. The van der Waals surface area contributed by atoms with Crippen LogP contribution in [0.3, 0.4) is 0 Å². The Morgan fingerprint density at radius 3 is 2.45 bits per heavy atom. The Hall–Kier alpha value is -4.08. The molecule has 0 aliphatic carbocycles. The Labute approximate surface area is 362 Å². The van der Waals surface area contributed by atoms with E-state index in [0.29, 0.717) is 15.9 Å². The number of hydrogen-bond acceptors (Lipinski definition) is 17. The van der Waals surface area contributed by atoms with Crippen LogP contribution < -0.4 is 61.8 Å². The fourth-order valence-electron chi connectivity index (χ4n) is 5.28. The summed E-state index contributed by atoms with van der Waals surface area (Å²) in [6, 6.07) is 10.2. The van der Waals surface area contributed by atoms with Crippen molar-refractivity contribution in [2.24, 2.45) is 10.2 Å². The Morgan fingerprint density at radius 1 is 1.11 bits per heavy atom. The van der Waals surface area contributed by atoms with Crippen molar-refractivity contribution >= 4 is 66.7 Å². The van der Waals surface area contributed by atoms with Gasteiger partial charge in [-0.05, 0) is 63.9 Å². The van der Waals surface area contributed by atoms with Crippen LogP contribution in [0.4, 0.5) is 23.1 Å². The Balaban J connectivity index is 0.00000673. The molecule has 21 heteroatoms. The fraction of sp³-hybridized carbons (Fsp3) is 0.324. The number of carboxylic acid groups (broad SMARTS) is 1. The van der Waals surface area contributed by atoms with E-state index in [9.17, 15) is 33.5 Å². The van der Waals surface area contributed by atoms with Gasteiger partial charge in [0.1, 0.15) is 23.0 Å². The summed E-state index contributed by atoms with van der Waals surface area (Å²) in [7, 11) is -2.77. The van der Waals surface area contributed by atoms with Gasteiger partial charge in [0.15, 0.2) is 5.69 Å². The van der Waals surface area contributed by atoms with Gasteiger partial charge < -0.3 is 29.8 Å². The predicted molar refractivity (Wildman–Crippen MR) is 194 cm³/mol. The van der Waals surface area contributed by atoms with Crippen molar-refractivity contribution in [2.45, 2.75) is 52.2 Å². The minimum Gasteiger partial charge on any atom is -0.550 e. The smallest absolute Gasteiger partial charge is 0.550 e. The predicted octanol–water partition coefficient (Wildman–Crippen LogP) is 1.20. The van der Waals surface area contributed by atoms with Crippen molar-refractivity contribution in [1.82, 2.24) is 29.0 Å². The molecular formula is C34H35KN10O8S2. The molecule has 0 radical (unpaired) electrons.